The van der Waals surface area contributed by atoms with Crippen molar-refractivity contribution in [3.05, 3.63) is 47.3 Å². The standard InChI is InChI=1S/C15H17N3O2/c1-15(2,11-4-3-5-12(19)6-11)14(20)18-8-10-7-16-17-13(10)9-18/h3-7,19H,8-9H2,1-2H3,(H,16,17). The van der Waals surface area contributed by atoms with E-state index in [1.54, 1.807) is 24.4 Å². The van der Waals surface area contributed by atoms with Crippen molar-refractivity contribution in [2.24, 2.45) is 0 Å². The summed E-state index contributed by atoms with van der Waals surface area (Å²) in [5.41, 5.74) is 2.22. The average molecular weight is 271 g/mol. The lowest BCUT2D eigenvalue weighted by molar-refractivity contribution is -0.137. The van der Waals surface area contributed by atoms with Gasteiger partial charge in [0, 0.05) is 12.1 Å². The van der Waals surface area contributed by atoms with E-state index >= 15 is 0 Å². The number of phenolic OH excluding ortho intramolecular Hbond substituents is 1. The highest BCUT2D eigenvalue weighted by molar-refractivity contribution is 5.87. The summed E-state index contributed by atoms with van der Waals surface area (Å²) in [5.74, 6) is 0.229. The molecule has 5 nitrogen and oxygen atoms in total. The minimum atomic E-state index is -0.671. The van der Waals surface area contributed by atoms with E-state index < -0.39 is 5.41 Å². The number of amides is 1. The lowest BCUT2D eigenvalue weighted by atomic mass is 9.83. The molecule has 2 N–H and O–H groups in total. The number of aromatic amines is 1. The second-order valence-electron chi connectivity index (χ2n) is 5.71. The number of fused-ring (bicyclic) bond motifs is 1. The Labute approximate surface area is 117 Å². The normalized spacial score (nSPS) is 14.4. The number of carbonyl (C=O) groups excluding carboxylic acids is 1. The van der Waals surface area contributed by atoms with Crippen molar-refractivity contribution in [1.82, 2.24) is 15.1 Å². The van der Waals surface area contributed by atoms with Gasteiger partial charge in [-0.05, 0) is 31.5 Å². The summed E-state index contributed by atoms with van der Waals surface area (Å²) in [6.45, 7) is 4.92. The Hall–Kier alpha value is -2.30. The van der Waals surface area contributed by atoms with Crippen molar-refractivity contribution >= 4 is 5.91 Å². The Morgan fingerprint density at radius 2 is 2.20 bits per heavy atom. The zero-order valence-corrected chi connectivity index (χ0v) is 11.6. The number of phenols is 1. The molecule has 0 saturated carbocycles. The molecular formula is C15H17N3O2. The lowest BCUT2D eigenvalue weighted by Crippen LogP contribution is -2.40. The number of H-pyrrole nitrogens is 1. The molecule has 2 aromatic rings. The summed E-state index contributed by atoms with van der Waals surface area (Å²) in [6.07, 6.45) is 1.77. The molecule has 2 heterocycles. The van der Waals surface area contributed by atoms with Gasteiger partial charge in [0.15, 0.2) is 0 Å². The molecule has 0 fully saturated rings. The molecule has 0 unspecified atom stereocenters. The molecule has 20 heavy (non-hydrogen) atoms. The van der Waals surface area contributed by atoms with Crippen molar-refractivity contribution in [2.45, 2.75) is 32.4 Å². The van der Waals surface area contributed by atoms with Crippen molar-refractivity contribution in [2.75, 3.05) is 0 Å². The van der Waals surface area contributed by atoms with Gasteiger partial charge in [0.25, 0.3) is 0 Å². The molecule has 1 aromatic carbocycles. The lowest BCUT2D eigenvalue weighted by Gasteiger charge is -2.29. The number of hydrogen-bond donors (Lipinski definition) is 2. The zero-order chi connectivity index (χ0) is 14.3. The summed E-state index contributed by atoms with van der Waals surface area (Å²) in [6, 6.07) is 6.88. The van der Waals surface area contributed by atoms with Crippen LogP contribution in [-0.4, -0.2) is 26.1 Å². The molecule has 0 atom stereocenters. The molecule has 104 valence electrons. The Bertz CT molecular complexity index is 640. The van der Waals surface area contributed by atoms with E-state index in [2.05, 4.69) is 10.2 Å². The van der Waals surface area contributed by atoms with Crippen LogP contribution in [0.4, 0.5) is 0 Å². The van der Waals surface area contributed by atoms with Gasteiger partial charge in [0.05, 0.1) is 23.9 Å². The molecule has 0 radical (unpaired) electrons. The highest BCUT2D eigenvalue weighted by Crippen LogP contribution is 2.31. The Morgan fingerprint density at radius 1 is 1.40 bits per heavy atom. The van der Waals surface area contributed by atoms with Gasteiger partial charge >= 0.3 is 0 Å². The van der Waals surface area contributed by atoms with Crippen LogP contribution in [0.1, 0.15) is 30.7 Å². The molecule has 0 saturated heterocycles. The molecule has 1 aliphatic heterocycles. The van der Waals surface area contributed by atoms with Gasteiger partial charge in [-0.2, -0.15) is 5.10 Å². The fourth-order valence-corrected chi connectivity index (χ4v) is 2.62. The van der Waals surface area contributed by atoms with Crippen LogP contribution in [-0.2, 0) is 23.3 Å². The van der Waals surface area contributed by atoms with Gasteiger partial charge < -0.3 is 10.0 Å². The number of aromatic hydroxyl groups is 1. The zero-order valence-electron chi connectivity index (χ0n) is 11.6. The van der Waals surface area contributed by atoms with Crippen LogP contribution < -0.4 is 0 Å². The maximum atomic E-state index is 12.8. The van der Waals surface area contributed by atoms with E-state index in [1.165, 1.54) is 0 Å². The van der Waals surface area contributed by atoms with Gasteiger partial charge in [-0.25, -0.2) is 0 Å². The highest BCUT2D eigenvalue weighted by Gasteiger charge is 2.36. The Kier molecular flexibility index (Phi) is 2.78. The van der Waals surface area contributed by atoms with E-state index in [9.17, 15) is 9.90 Å². The van der Waals surface area contributed by atoms with Crippen LogP contribution in [0, 0.1) is 0 Å². The number of aromatic nitrogens is 2. The second kappa shape index (κ2) is 4.37. The van der Waals surface area contributed by atoms with E-state index in [0.717, 1.165) is 16.8 Å². The number of rotatable bonds is 2. The van der Waals surface area contributed by atoms with Crippen molar-refractivity contribution in [3.8, 4) is 5.75 Å². The number of benzene rings is 1. The van der Waals surface area contributed by atoms with Gasteiger partial charge in [0.2, 0.25) is 5.91 Å². The first-order valence-corrected chi connectivity index (χ1v) is 6.58. The van der Waals surface area contributed by atoms with Crippen LogP contribution >= 0.6 is 0 Å². The van der Waals surface area contributed by atoms with Crippen LogP contribution in [0.2, 0.25) is 0 Å². The van der Waals surface area contributed by atoms with Crippen LogP contribution in [0.25, 0.3) is 0 Å². The third-order valence-corrected chi connectivity index (χ3v) is 3.91. The van der Waals surface area contributed by atoms with Gasteiger partial charge in [-0.1, -0.05) is 12.1 Å². The predicted octanol–water partition coefficient (Wildman–Crippen LogP) is 1.94. The molecule has 1 aromatic heterocycles. The van der Waals surface area contributed by atoms with E-state index in [4.69, 9.17) is 0 Å². The fourth-order valence-electron chi connectivity index (χ4n) is 2.62. The average Bonchev–Trinajstić information content (AvgIpc) is 2.98. The first-order valence-electron chi connectivity index (χ1n) is 6.58. The number of hydrogen-bond acceptors (Lipinski definition) is 3. The third-order valence-electron chi connectivity index (χ3n) is 3.91. The topological polar surface area (TPSA) is 69.2 Å². The number of carbonyl (C=O) groups is 1. The molecule has 1 amide bonds. The molecule has 0 spiro atoms. The molecule has 1 aliphatic rings. The molecule has 5 heteroatoms. The SMILES string of the molecule is CC(C)(C(=O)N1Cc2cn[nH]c2C1)c1cccc(O)c1. The highest BCUT2D eigenvalue weighted by atomic mass is 16.3. The van der Waals surface area contributed by atoms with Crippen molar-refractivity contribution in [1.29, 1.82) is 0 Å². The monoisotopic (exact) mass is 271 g/mol. The summed E-state index contributed by atoms with van der Waals surface area (Å²) in [5, 5.41) is 16.5. The molecular weight excluding hydrogens is 254 g/mol. The first kappa shape index (κ1) is 12.7. The fraction of sp³-hybridized carbons (Fsp3) is 0.333. The molecule has 0 aliphatic carbocycles. The summed E-state index contributed by atoms with van der Waals surface area (Å²) in [4.78, 5) is 14.6. The largest absolute Gasteiger partial charge is 0.508 e. The van der Waals surface area contributed by atoms with Gasteiger partial charge in [-0.15, -0.1) is 0 Å². The Morgan fingerprint density at radius 3 is 2.90 bits per heavy atom. The third kappa shape index (κ3) is 1.95. The van der Waals surface area contributed by atoms with Crippen molar-refractivity contribution < 1.29 is 9.90 Å². The number of nitrogens with zero attached hydrogens (tertiary/aromatic N) is 2. The number of nitrogens with one attached hydrogen (secondary N) is 1. The van der Waals surface area contributed by atoms with E-state index in [1.807, 2.05) is 24.8 Å². The van der Waals surface area contributed by atoms with Gasteiger partial charge in [-0.3, -0.25) is 9.89 Å². The smallest absolute Gasteiger partial charge is 0.233 e. The molecule has 0 bridgehead atoms. The molecule has 3 rings (SSSR count). The second-order valence-corrected chi connectivity index (χ2v) is 5.71. The Balaban J connectivity index is 1.85. The quantitative estimate of drug-likeness (QED) is 0.877. The van der Waals surface area contributed by atoms with E-state index in [-0.39, 0.29) is 11.7 Å². The van der Waals surface area contributed by atoms with E-state index in [0.29, 0.717) is 13.1 Å². The first-order chi connectivity index (χ1) is 9.48. The maximum absolute atomic E-state index is 12.8. The van der Waals surface area contributed by atoms with Crippen LogP contribution in [0.15, 0.2) is 30.5 Å². The van der Waals surface area contributed by atoms with Crippen LogP contribution in [0.5, 0.6) is 5.75 Å². The predicted molar refractivity (Wildman–Crippen MR) is 74.0 cm³/mol. The maximum Gasteiger partial charge on any atom is 0.233 e. The minimum absolute atomic E-state index is 0.0488. The summed E-state index contributed by atoms with van der Waals surface area (Å²) < 4.78 is 0. The van der Waals surface area contributed by atoms with Gasteiger partial charge in [0.1, 0.15) is 5.75 Å². The minimum Gasteiger partial charge on any atom is -0.508 e. The summed E-state index contributed by atoms with van der Waals surface area (Å²) >= 11 is 0. The van der Waals surface area contributed by atoms with Crippen molar-refractivity contribution in [3.63, 3.8) is 0 Å². The van der Waals surface area contributed by atoms with Crippen LogP contribution in [0.3, 0.4) is 0 Å². The summed E-state index contributed by atoms with van der Waals surface area (Å²) in [7, 11) is 0.